The van der Waals surface area contributed by atoms with Gasteiger partial charge in [0, 0.05) is 13.0 Å². The van der Waals surface area contributed by atoms with E-state index in [0.29, 0.717) is 21.6 Å². The first kappa shape index (κ1) is 20.2. The summed E-state index contributed by atoms with van der Waals surface area (Å²) >= 11 is 12.5. The Bertz CT molecular complexity index is 841. The molecule has 2 rings (SSSR count). The largest absolute Gasteiger partial charge is 0.480 e. The Morgan fingerprint density at radius 1 is 1.23 bits per heavy atom. The molecule has 9 heteroatoms. The molecule has 0 atom stereocenters. The Hall–Kier alpha value is -2.12. The standard InChI is InChI=1S/C17H20Cl2N4O3/c1-9(2)14-20-13(15(24)22(5)17(3,4)16(25)26)21-23(14)12-10(18)7-6-8-11(12)19/h6-9H,1-5H3,(H,25,26). The quantitative estimate of drug-likeness (QED) is 0.830. The molecule has 1 aromatic heterocycles. The van der Waals surface area contributed by atoms with Crippen LogP contribution in [0.2, 0.25) is 10.0 Å². The highest BCUT2D eigenvalue weighted by atomic mass is 35.5. The molecule has 0 spiro atoms. The SMILES string of the molecule is CC(C)c1nc(C(=O)N(C)C(C)(C)C(=O)O)nn1-c1c(Cl)cccc1Cl. The van der Waals surface area contributed by atoms with Crippen LogP contribution in [0.25, 0.3) is 5.69 Å². The van der Waals surface area contributed by atoms with Crippen molar-refractivity contribution in [1.82, 2.24) is 19.7 Å². The number of aromatic nitrogens is 3. The summed E-state index contributed by atoms with van der Waals surface area (Å²) in [5.74, 6) is -1.45. The van der Waals surface area contributed by atoms with E-state index in [1.54, 1.807) is 18.2 Å². The fourth-order valence-corrected chi connectivity index (χ4v) is 2.75. The minimum atomic E-state index is -1.41. The number of hydrogen-bond acceptors (Lipinski definition) is 4. The van der Waals surface area contributed by atoms with E-state index >= 15 is 0 Å². The summed E-state index contributed by atoms with van der Waals surface area (Å²) in [4.78, 5) is 29.6. The molecule has 140 valence electrons. The number of hydrogen-bond donors (Lipinski definition) is 1. The molecule has 0 radical (unpaired) electrons. The van der Waals surface area contributed by atoms with Crippen LogP contribution in [-0.4, -0.2) is 49.2 Å². The van der Waals surface area contributed by atoms with Gasteiger partial charge in [0.2, 0.25) is 5.82 Å². The number of carbonyl (C=O) groups excluding carboxylic acids is 1. The Kier molecular flexibility index (Phi) is 5.63. The van der Waals surface area contributed by atoms with Gasteiger partial charge in [-0.3, -0.25) is 4.79 Å². The smallest absolute Gasteiger partial charge is 0.329 e. The average Bonchev–Trinajstić information content (AvgIpc) is 2.98. The molecule has 0 unspecified atom stereocenters. The van der Waals surface area contributed by atoms with Crippen molar-refractivity contribution in [2.24, 2.45) is 0 Å². The van der Waals surface area contributed by atoms with Gasteiger partial charge < -0.3 is 10.0 Å². The third kappa shape index (κ3) is 3.54. The minimum absolute atomic E-state index is 0.0748. The van der Waals surface area contributed by atoms with Crippen LogP contribution in [0.1, 0.15) is 50.1 Å². The van der Waals surface area contributed by atoms with Crippen LogP contribution in [0.15, 0.2) is 18.2 Å². The van der Waals surface area contributed by atoms with Gasteiger partial charge in [-0.1, -0.05) is 43.1 Å². The summed E-state index contributed by atoms with van der Waals surface area (Å²) in [5.41, 5.74) is -0.992. The highest BCUT2D eigenvalue weighted by Crippen LogP contribution is 2.30. The number of amides is 1. The fraction of sp³-hybridized carbons (Fsp3) is 0.412. The highest BCUT2D eigenvalue weighted by Gasteiger charge is 2.37. The number of para-hydroxylation sites is 1. The normalized spacial score (nSPS) is 11.7. The van der Waals surface area contributed by atoms with E-state index in [4.69, 9.17) is 23.2 Å². The molecule has 0 bridgehead atoms. The second kappa shape index (κ2) is 7.25. The monoisotopic (exact) mass is 398 g/mol. The average molecular weight is 399 g/mol. The van der Waals surface area contributed by atoms with E-state index in [2.05, 4.69) is 10.1 Å². The Morgan fingerprint density at radius 2 is 1.77 bits per heavy atom. The summed E-state index contributed by atoms with van der Waals surface area (Å²) in [6, 6.07) is 5.03. The molecule has 2 aromatic rings. The van der Waals surface area contributed by atoms with E-state index in [1.165, 1.54) is 25.6 Å². The number of benzene rings is 1. The molecule has 26 heavy (non-hydrogen) atoms. The second-order valence-electron chi connectivity index (χ2n) is 6.66. The van der Waals surface area contributed by atoms with Gasteiger partial charge in [-0.2, -0.15) is 0 Å². The number of carboxylic acid groups (broad SMARTS) is 1. The zero-order chi connectivity index (χ0) is 19.8. The number of carboxylic acids is 1. The summed E-state index contributed by atoms with van der Waals surface area (Å²) in [6.45, 7) is 6.64. The van der Waals surface area contributed by atoms with E-state index in [1.807, 2.05) is 13.8 Å². The van der Waals surface area contributed by atoms with Crippen LogP contribution in [0.3, 0.4) is 0 Å². The summed E-state index contributed by atoms with van der Waals surface area (Å²) in [6.07, 6.45) is 0. The third-order valence-electron chi connectivity index (χ3n) is 4.16. The Balaban J connectivity index is 2.58. The summed E-state index contributed by atoms with van der Waals surface area (Å²) in [7, 11) is 1.40. The number of likely N-dealkylation sites (N-methyl/N-ethyl adjacent to an activating group) is 1. The van der Waals surface area contributed by atoms with Crippen LogP contribution in [-0.2, 0) is 4.79 Å². The predicted octanol–water partition coefficient (Wildman–Crippen LogP) is 3.63. The maximum atomic E-state index is 12.7. The van der Waals surface area contributed by atoms with Gasteiger partial charge in [0.05, 0.1) is 10.0 Å². The molecule has 1 heterocycles. The van der Waals surface area contributed by atoms with Crippen LogP contribution in [0.4, 0.5) is 0 Å². The molecule has 0 saturated carbocycles. The first-order valence-electron chi connectivity index (χ1n) is 7.91. The zero-order valence-electron chi connectivity index (χ0n) is 15.1. The molecule has 0 aliphatic heterocycles. The zero-order valence-corrected chi connectivity index (χ0v) is 16.6. The number of halogens is 2. The van der Waals surface area contributed by atoms with E-state index in [9.17, 15) is 14.7 Å². The van der Waals surface area contributed by atoms with Crippen molar-refractivity contribution in [2.45, 2.75) is 39.2 Å². The molecule has 0 aliphatic carbocycles. The van der Waals surface area contributed by atoms with Crippen molar-refractivity contribution in [3.63, 3.8) is 0 Å². The Labute approximate surface area is 161 Å². The molecular formula is C17H20Cl2N4O3. The van der Waals surface area contributed by atoms with Gasteiger partial charge >= 0.3 is 5.97 Å². The lowest BCUT2D eigenvalue weighted by atomic mass is 10.0. The van der Waals surface area contributed by atoms with Crippen molar-refractivity contribution in [2.75, 3.05) is 7.05 Å². The van der Waals surface area contributed by atoms with Gasteiger partial charge in [-0.25, -0.2) is 14.5 Å². The number of rotatable bonds is 5. The van der Waals surface area contributed by atoms with E-state index in [0.717, 1.165) is 4.90 Å². The molecule has 1 amide bonds. The first-order chi connectivity index (χ1) is 12.0. The minimum Gasteiger partial charge on any atom is -0.480 e. The van der Waals surface area contributed by atoms with Crippen molar-refractivity contribution in [3.05, 3.63) is 39.9 Å². The Morgan fingerprint density at radius 3 is 2.23 bits per heavy atom. The first-order valence-corrected chi connectivity index (χ1v) is 8.67. The van der Waals surface area contributed by atoms with Gasteiger partial charge in [0.25, 0.3) is 5.91 Å². The van der Waals surface area contributed by atoms with Gasteiger partial charge in [-0.05, 0) is 26.0 Å². The summed E-state index contributed by atoms with van der Waals surface area (Å²) < 4.78 is 1.43. The molecule has 7 nitrogen and oxygen atoms in total. The third-order valence-corrected chi connectivity index (χ3v) is 4.77. The molecule has 0 saturated heterocycles. The molecular weight excluding hydrogens is 379 g/mol. The maximum Gasteiger partial charge on any atom is 0.329 e. The number of nitrogens with zero attached hydrogens (tertiary/aromatic N) is 4. The van der Waals surface area contributed by atoms with E-state index < -0.39 is 17.4 Å². The lowest BCUT2D eigenvalue weighted by Crippen LogP contribution is -2.51. The second-order valence-corrected chi connectivity index (χ2v) is 7.47. The van der Waals surface area contributed by atoms with Crippen molar-refractivity contribution < 1.29 is 14.7 Å². The predicted molar refractivity (Wildman–Crippen MR) is 99.3 cm³/mol. The lowest BCUT2D eigenvalue weighted by molar-refractivity contribution is -0.147. The van der Waals surface area contributed by atoms with Crippen LogP contribution in [0, 0.1) is 0 Å². The van der Waals surface area contributed by atoms with Crippen LogP contribution < -0.4 is 0 Å². The molecule has 1 N–H and O–H groups in total. The lowest BCUT2D eigenvalue weighted by Gasteiger charge is -2.30. The van der Waals surface area contributed by atoms with Crippen LogP contribution >= 0.6 is 23.2 Å². The number of aliphatic carboxylic acids is 1. The topological polar surface area (TPSA) is 88.3 Å². The fourth-order valence-electron chi connectivity index (χ4n) is 2.19. The van der Waals surface area contributed by atoms with Crippen molar-refractivity contribution >= 4 is 35.1 Å². The van der Waals surface area contributed by atoms with Crippen molar-refractivity contribution in [1.29, 1.82) is 0 Å². The highest BCUT2D eigenvalue weighted by molar-refractivity contribution is 6.37. The van der Waals surface area contributed by atoms with E-state index in [-0.39, 0.29) is 11.7 Å². The van der Waals surface area contributed by atoms with Gasteiger partial charge in [0.15, 0.2) is 0 Å². The van der Waals surface area contributed by atoms with Crippen LogP contribution in [0.5, 0.6) is 0 Å². The van der Waals surface area contributed by atoms with Gasteiger partial charge in [0.1, 0.15) is 17.1 Å². The maximum absolute atomic E-state index is 12.7. The molecule has 0 fully saturated rings. The summed E-state index contributed by atoms with van der Waals surface area (Å²) in [5, 5.41) is 14.3. The molecule has 1 aromatic carbocycles. The number of carbonyl (C=O) groups is 2. The molecule has 0 aliphatic rings. The van der Waals surface area contributed by atoms with Gasteiger partial charge in [-0.15, -0.1) is 5.10 Å². The van der Waals surface area contributed by atoms with Crippen molar-refractivity contribution in [3.8, 4) is 5.69 Å².